The topological polar surface area (TPSA) is 13.1 Å². The third-order valence-electron chi connectivity index (χ3n) is 7.87. The van der Waals surface area contributed by atoms with Gasteiger partial charge in [-0.3, -0.25) is 0 Å². The molecule has 0 spiro atoms. The highest BCUT2D eigenvalue weighted by atomic mass is 16.3. The van der Waals surface area contributed by atoms with Gasteiger partial charge in [-0.05, 0) is 78.4 Å². The van der Waals surface area contributed by atoms with Gasteiger partial charge in [0, 0.05) is 16.2 Å². The van der Waals surface area contributed by atoms with E-state index in [1.54, 1.807) is 72.8 Å². The summed E-state index contributed by atoms with van der Waals surface area (Å²) >= 11 is 0. The van der Waals surface area contributed by atoms with Gasteiger partial charge in [0.05, 0.1) is 17.8 Å². The molecule has 0 unspecified atom stereocenters. The van der Waals surface area contributed by atoms with Crippen molar-refractivity contribution in [1.29, 1.82) is 0 Å². The standard InChI is InChI=1S/C42H26O/c1-2-12-27(13-3-1)29-15-10-16-30(26-29)39-32-18-6-8-20-34(32)40(35-21-9-7-19-33(35)39)36-22-11-23-38-41(36)37-25-24-28-14-4-5-17-31(28)42(37)43-38/h1-26H/i4D,5D,10D,11D,14D,15D,16D,17D,22D,23D,24D,25D,26D. The molecule has 1 nitrogen and oxygen atoms in total. The van der Waals surface area contributed by atoms with Crippen LogP contribution in [0.15, 0.2) is 162 Å². The molecule has 0 saturated carbocycles. The van der Waals surface area contributed by atoms with Crippen molar-refractivity contribution in [3.8, 4) is 33.4 Å². The SMILES string of the molecule is [2H]c1c([2H])c(-c2ccccc2)c([2H])c(-c2c3ccccc3c(-c3c([2H])c([2H])c([2H])c4oc5c6c([2H])c([2H])c([2H])c([2H])c6c([2H])c([2H])c5c34)c3ccccc23)c1[2H]. The maximum Gasteiger partial charge on any atom is 0.143 e. The van der Waals surface area contributed by atoms with Gasteiger partial charge >= 0.3 is 0 Å². The Hall–Kier alpha value is -5.66. The largest absolute Gasteiger partial charge is 0.455 e. The van der Waals surface area contributed by atoms with Gasteiger partial charge in [-0.25, -0.2) is 0 Å². The molecule has 0 aliphatic rings. The Morgan fingerprint density at radius 1 is 0.442 bits per heavy atom. The summed E-state index contributed by atoms with van der Waals surface area (Å²) in [5, 5.41) is 1.69. The van der Waals surface area contributed by atoms with E-state index >= 15 is 0 Å². The molecule has 0 N–H and O–H groups in total. The van der Waals surface area contributed by atoms with Crippen LogP contribution in [-0.4, -0.2) is 0 Å². The zero-order valence-corrected chi connectivity index (χ0v) is 22.4. The van der Waals surface area contributed by atoms with Gasteiger partial charge in [-0.2, -0.15) is 0 Å². The number of hydrogen-bond donors (Lipinski definition) is 0. The quantitative estimate of drug-likeness (QED) is 0.196. The fourth-order valence-electron chi connectivity index (χ4n) is 6.04. The molecule has 0 saturated heterocycles. The molecule has 0 atom stereocenters. The van der Waals surface area contributed by atoms with Crippen molar-refractivity contribution in [2.24, 2.45) is 0 Å². The lowest BCUT2D eigenvalue weighted by Crippen LogP contribution is -1.91. The lowest BCUT2D eigenvalue weighted by Gasteiger charge is -2.18. The van der Waals surface area contributed by atoms with Gasteiger partial charge in [-0.15, -0.1) is 0 Å². The Bertz CT molecular complexity index is 3170. The first-order valence-electron chi connectivity index (χ1n) is 20.2. The predicted molar refractivity (Wildman–Crippen MR) is 183 cm³/mol. The fourth-order valence-corrected chi connectivity index (χ4v) is 6.04. The molecular formula is C42H26O. The molecule has 1 heteroatoms. The number of furan rings is 1. The number of hydrogen-bond acceptors (Lipinski definition) is 1. The smallest absolute Gasteiger partial charge is 0.143 e. The van der Waals surface area contributed by atoms with Gasteiger partial charge in [0.2, 0.25) is 0 Å². The van der Waals surface area contributed by atoms with Crippen LogP contribution in [-0.2, 0) is 0 Å². The fraction of sp³-hybridized carbons (Fsp3) is 0. The molecule has 9 rings (SSSR count). The van der Waals surface area contributed by atoms with Crippen molar-refractivity contribution in [3.05, 3.63) is 157 Å². The Labute approximate surface area is 267 Å². The monoisotopic (exact) mass is 559 g/mol. The van der Waals surface area contributed by atoms with Crippen LogP contribution in [0.5, 0.6) is 0 Å². The van der Waals surface area contributed by atoms with Crippen LogP contribution in [0.3, 0.4) is 0 Å². The molecule has 1 aromatic heterocycles. The second-order valence-electron chi connectivity index (χ2n) is 10.2. The van der Waals surface area contributed by atoms with Gasteiger partial charge in [0.25, 0.3) is 0 Å². The minimum Gasteiger partial charge on any atom is -0.455 e. The number of rotatable bonds is 3. The molecule has 0 aliphatic carbocycles. The van der Waals surface area contributed by atoms with Crippen molar-refractivity contribution < 1.29 is 22.2 Å². The highest BCUT2D eigenvalue weighted by Crippen LogP contribution is 2.47. The van der Waals surface area contributed by atoms with E-state index in [0.717, 1.165) is 0 Å². The van der Waals surface area contributed by atoms with Gasteiger partial charge < -0.3 is 4.42 Å². The van der Waals surface area contributed by atoms with E-state index < -0.39 is 48.3 Å². The lowest BCUT2D eigenvalue weighted by atomic mass is 9.84. The van der Waals surface area contributed by atoms with Crippen molar-refractivity contribution >= 4 is 54.3 Å². The highest BCUT2D eigenvalue weighted by Gasteiger charge is 2.20. The van der Waals surface area contributed by atoms with Crippen molar-refractivity contribution in [1.82, 2.24) is 0 Å². The van der Waals surface area contributed by atoms with Crippen LogP contribution in [0.25, 0.3) is 87.6 Å². The molecule has 0 fully saturated rings. The molecule has 200 valence electrons. The van der Waals surface area contributed by atoms with E-state index in [1.807, 2.05) is 6.07 Å². The Balaban J connectivity index is 1.51. The predicted octanol–water partition coefficient (Wildman–Crippen LogP) is 12.0. The van der Waals surface area contributed by atoms with Crippen LogP contribution in [0.1, 0.15) is 17.8 Å². The summed E-state index contributed by atoms with van der Waals surface area (Å²) in [7, 11) is 0. The summed E-state index contributed by atoms with van der Waals surface area (Å²) in [5.74, 6) is 0. The van der Waals surface area contributed by atoms with Gasteiger partial charge in [0.15, 0.2) is 0 Å². The van der Waals surface area contributed by atoms with Crippen LogP contribution < -0.4 is 0 Å². The normalized spacial score (nSPS) is 16.0. The molecule has 43 heavy (non-hydrogen) atoms. The van der Waals surface area contributed by atoms with Crippen molar-refractivity contribution in [2.45, 2.75) is 0 Å². The summed E-state index contributed by atoms with van der Waals surface area (Å²) < 4.78 is 122. The second-order valence-corrected chi connectivity index (χ2v) is 10.2. The number of fused-ring (bicyclic) bond motifs is 7. The summed E-state index contributed by atoms with van der Waals surface area (Å²) in [6, 6.07) is 17.6. The van der Waals surface area contributed by atoms with Crippen LogP contribution >= 0.6 is 0 Å². The summed E-state index contributed by atoms with van der Waals surface area (Å²) in [6.45, 7) is 0. The van der Waals surface area contributed by atoms with E-state index in [4.69, 9.17) is 18.1 Å². The zero-order valence-electron chi connectivity index (χ0n) is 35.4. The maximum atomic E-state index is 9.50. The first kappa shape index (κ1) is 14.5. The summed E-state index contributed by atoms with van der Waals surface area (Å²) in [5.41, 5.74) is 1.45. The molecule has 1 heterocycles. The Morgan fingerprint density at radius 3 is 1.86 bits per heavy atom. The highest BCUT2D eigenvalue weighted by molar-refractivity contribution is 6.27. The Kier molecular flexibility index (Phi) is 3.18. The van der Waals surface area contributed by atoms with E-state index in [0.29, 0.717) is 38.2 Å². The minimum absolute atomic E-state index is 0.0453. The van der Waals surface area contributed by atoms with E-state index in [9.17, 15) is 4.11 Å². The van der Waals surface area contributed by atoms with Crippen molar-refractivity contribution in [3.63, 3.8) is 0 Å². The summed E-state index contributed by atoms with van der Waals surface area (Å²) in [4.78, 5) is 0. The average molecular weight is 560 g/mol. The zero-order chi connectivity index (χ0) is 39.6. The van der Waals surface area contributed by atoms with E-state index in [1.165, 1.54) is 0 Å². The minimum atomic E-state index is -0.579. The number of benzene rings is 8. The third-order valence-corrected chi connectivity index (χ3v) is 7.87. The van der Waals surface area contributed by atoms with Gasteiger partial charge in [0.1, 0.15) is 11.2 Å². The molecular weight excluding hydrogens is 520 g/mol. The lowest BCUT2D eigenvalue weighted by molar-refractivity contribution is 0.673. The first-order chi connectivity index (χ1) is 26.8. The molecule has 0 amide bonds. The van der Waals surface area contributed by atoms with Gasteiger partial charge in [-0.1, -0.05) is 139 Å². The van der Waals surface area contributed by atoms with Crippen LogP contribution in [0, 0.1) is 0 Å². The van der Waals surface area contributed by atoms with E-state index in [2.05, 4.69) is 0 Å². The van der Waals surface area contributed by atoms with Crippen molar-refractivity contribution in [2.75, 3.05) is 0 Å². The molecule has 0 radical (unpaired) electrons. The Morgan fingerprint density at radius 2 is 1.09 bits per heavy atom. The molecule has 8 aromatic carbocycles. The average Bonchev–Trinajstić information content (AvgIpc) is 3.60. The first-order valence-corrected chi connectivity index (χ1v) is 13.7. The third kappa shape index (κ3) is 3.65. The summed E-state index contributed by atoms with van der Waals surface area (Å²) in [6.07, 6.45) is 0. The second kappa shape index (κ2) is 9.44. The van der Waals surface area contributed by atoms with Crippen LogP contribution in [0.4, 0.5) is 0 Å². The molecule has 0 bridgehead atoms. The maximum absolute atomic E-state index is 9.50. The van der Waals surface area contributed by atoms with E-state index in [-0.39, 0.29) is 79.6 Å². The molecule has 9 aromatic rings. The molecule has 0 aliphatic heterocycles. The van der Waals surface area contributed by atoms with Crippen LogP contribution in [0.2, 0.25) is 0 Å².